The smallest absolute Gasteiger partial charge is 0.200 e. The number of nitrogens with one attached hydrogen (secondary N) is 4. The van der Waals surface area contributed by atoms with Crippen LogP contribution in [0.2, 0.25) is 33.2 Å². The predicted octanol–water partition coefficient (Wildman–Crippen LogP) is 18.3. The first-order valence-electron chi connectivity index (χ1n) is 32.3. The molecule has 540 valence electrons. The quantitative estimate of drug-likeness (QED) is 0.0346. The number of nitrogens with zero attached hydrogens (tertiary/aromatic N) is 2. The first-order valence-corrected chi connectivity index (χ1v) is 36.8. The first kappa shape index (κ1) is 75.1. The summed E-state index contributed by atoms with van der Waals surface area (Å²) in [4.78, 5) is 20.1. The van der Waals surface area contributed by atoms with Gasteiger partial charge in [-0.15, -0.1) is 11.1 Å². The molecular weight excluding hydrogens is 1430 g/mol. The molecule has 8 aromatic rings. The van der Waals surface area contributed by atoms with Crippen LogP contribution in [0.3, 0.4) is 0 Å². The van der Waals surface area contributed by atoms with E-state index >= 15 is 87.8 Å². The van der Waals surface area contributed by atoms with Crippen LogP contribution < -0.4 is 21.4 Å². The highest BCUT2D eigenvalue weighted by molar-refractivity contribution is 6.91. The largest absolute Gasteiger partial charge is 0.354 e. The lowest BCUT2D eigenvalue weighted by Gasteiger charge is -2.38. The summed E-state index contributed by atoms with van der Waals surface area (Å²) in [6.07, 6.45) is 4.21. The van der Waals surface area contributed by atoms with E-state index in [2.05, 4.69) is 52.8 Å². The van der Waals surface area contributed by atoms with Crippen LogP contribution in [0.15, 0.2) is 94.2 Å². The Morgan fingerprint density at radius 2 is 0.471 bits per heavy atom. The maximum absolute atomic E-state index is 16.8. The van der Waals surface area contributed by atoms with Crippen molar-refractivity contribution in [2.24, 2.45) is 9.98 Å². The highest BCUT2D eigenvalue weighted by Gasteiger charge is 2.44. The number of allylic oxidation sites excluding steroid dienone is 4. The minimum atomic E-state index is -2.99. The molecule has 0 aliphatic carbocycles. The highest BCUT2D eigenvalue weighted by Crippen LogP contribution is 2.45. The molecule has 3 aliphatic heterocycles. The first-order chi connectivity index (χ1) is 48.9. The molecule has 4 N–H and O–H groups in total. The minimum absolute atomic E-state index is 0.161. The zero-order valence-electron chi connectivity index (χ0n) is 56.8. The molecule has 4 aromatic heterocycles. The van der Waals surface area contributed by atoms with Crippen LogP contribution in [0.25, 0.3) is 33.4 Å². The number of hydrogen-bond donors (Lipinski definition) is 4. The monoisotopic (exact) mass is 1490 g/mol. The predicted molar refractivity (Wildman–Crippen MR) is 359 cm³/mol. The number of aromatic nitrogens is 4. The molecule has 28 heteroatoms. The third-order valence-electron chi connectivity index (χ3n) is 19.6. The van der Waals surface area contributed by atoms with Crippen molar-refractivity contribution in [3.05, 3.63) is 267 Å². The van der Waals surface area contributed by atoms with Gasteiger partial charge in [0.05, 0.1) is 66.9 Å². The van der Waals surface area contributed by atoms with Crippen LogP contribution in [-0.2, 0) is 0 Å². The average molecular weight is 1490 g/mol. The van der Waals surface area contributed by atoms with Crippen LogP contribution >= 0.6 is 0 Å². The molecule has 12 bridgehead atoms. The average Bonchev–Trinajstić information content (AvgIpc) is 1.14. The van der Waals surface area contributed by atoms with E-state index in [1.807, 2.05) is 83.1 Å². The number of halogens is 20. The summed E-state index contributed by atoms with van der Waals surface area (Å²) < 4.78 is 320. The van der Waals surface area contributed by atoms with Crippen molar-refractivity contribution in [1.29, 1.82) is 0 Å². The molecule has 11 rings (SSSR count). The van der Waals surface area contributed by atoms with Crippen LogP contribution in [-0.4, -0.2) is 47.5 Å². The normalized spacial score (nSPS) is 14.4. The summed E-state index contributed by atoms with van der Waals surface area (Å²) in [5.74, 6) is -43.9. The topological polar surface area (TPSA) is 87.9 Å². The summed E-state index contributed by atoms with van der Waals surface area (Å²) >= 11 is 0. The molecule has 0 atom stereocenters. The lowest BCUT2D eigenvalue weighted by molar-refractivity contribution is 0.376. The van der Waals surface area contributed by atoms with E-state index in [0.29, 0.717) is 0 Å². The van der Waals surface area contributed by atoms with Crippen LogP contribution in [0, 0.1) is 139 Å². The van der Waals surface area contributed by atoms with Gasteiger partial charge in [-0.3, -0.25) is 0 Å². The van der Waals surface area contributed by atoms with Crippen LogP contribution in [0.4, 0.5) is 87.8 Å². The third kappa shape index (κ3) is 12.0. The van der Waals surface area contributed by atoms with E-state index in [0.717, 1.165) is 72.8 Å². The Bertz CT molecular complexity index is 5130. The second kappa shape index (κ2) is 27.9. The Labute approximate surface area is 582 Å². The van der Waals surface area contributed by atoms with Crippen molar-refractivity contribution in [2.75, 3.05) is 0 Å². The minimum Gasteiger partial charge on any atom is -0.354 e. The Hall–Kier alpha value is -10.1. The van der Waals surface area contributed by atoms with Gasteiger partial charge in [0.1, 0.15) is 16.1 Å². The van der Waals surface area contributed by atoms with Gasteiger partial charge in [-0.1, -0.05) is 94.9 Å². The summed E-state index contributed by atoms with van der Waals surface area (Å²) in [6, 6.07) is 7.86. The maximum atomic E-state index is 16.8. The van der Waals surface area contributed by atoms with Gasteiger partial charge < -0.3 is 19.9 Å². The number of aliphatic imine (C=N–C) groups is 2. The van der Waals surface area contributed by atoms with Gasteiger partial charge in [0, 0.05) is 55.8 Å². The molecule has 3 aliphatic rings. The van der Waals surface area contributed by atoms with Gasteiger partial charge in [0.2, 0.25) is 23.3 Å². The van der Waals surface area contributed by atoms with E-state index in [9.17, 15) is 0 Å². The molecule has 4 aromatic carbocycles. The zero-order valence-corrected chi connectivity index (χ0v) is 58.8. The molecule has 0 amide bonds. The van der Waals surface area contributed by atoms with E-state index in [1.54, 1.807) is 0 Å². The van der Waals surface area contributed by atoms with Crippen molar-refractivity contribution in [3.63, 3.8) is 0 Å². The fourth-order valence-electron chi connectivity index (χ4n) is 14.7. The molecule has 6 nitrogen and oxygen atoms in total. The Balaban J connectivity index is 1.41. The van der Waals surface area contributed by atoms with Crippen molar-refractivity contribution in [1.82, 2.24) is 19.9 Å². The van der Waals surface area contributed by atoms with Crippen LogP contribution in [0.5, 0.6) is 0 Å². The number of aromatic amines is 4. The molecule has 0 saturated carbocycles. The number of rotatable bonds is 10. The molecule has 0 saturated heterocycles. The van der Waals surface area contributed by atoms with Gasteiger partial charge >= 0.3 is 0 Å². The van der Waals surface area contributed by atoms with Crippen molar-refractivity contribution < 1.29 is 87.8 Å². The summed E-state index contributed by atoms with van der Waals surface area (Å²) in [6.45, 7) is 22.8. The molecule has 0 spiro atoms. The van der Waals surface area contributed by atoms with E-state index in [-0.39, 0.29) is 66.5 Å². The fraction of sp³-hybridized carbons (Fsp3) is 0.237. The fourth-order valence-corrected chi connectivity index (χ4v) is 25.1. The van der Waals surface area contributed by atoms with Crippen molar-refractivity contribution >= 4 is 61.0 Å². The molecule has 0 radical (unpaired) electrons. The van der Waals surface area contributed by atoms with E-state index in [4.69, 9.17) is 0 Å². The van der Waals surface area contributed by atoms with Gasteiger partial charge in [-0.2, -0.15) is 0 Å². The van der Waals surface area contributed by atoms with Crippen LogP contribution in [0.1, 0.15) is 128 Å². The Morgan fingerprint density at radius 3 is 0.712 bits per heavy atom. The number of benzene rings is 4. The van der Waals surface area contributed by atoms with Gasteiger partial charge in [-0.05, 0) is 106 Å². The van der Waals surface area contributed by atoms with Gasteiger partial charge in [-0.25, -0.2) is 97.8 Å². The molecular formula is C76H58F20N6Si2. The van der Waals surface area contributed by atoms with Gasteiger partial charge in [0.15, 0.2) is 93.1 Å². The van der Waals surface area contributed by atoms with Gasteiger partial charge in [0.25, 0.3) is 0 Å². The van der Waals surface area contributed by atoms with E-state index in [1.165, 1.54) is 0 Å². The highest BCUT2D eigenvalue weighted by atomic mass is 28.3. The lowest BCUT2D eigenvalue weighted by Crippen LogP contribution is -2.43. The molecule has 104 heavy (non-hydrogen) atoms. The summed E-state index contributed by atoms with van der Waals surface area (Å²) in [5.41, 5.74) is -10.4. The van der Waals surface area contributed by atoms with E-state index < -0.39 is 222 Å². The maximum Gasteiger partial charge on any atom is 0.200 e. The number of H-pyrrole nitrogens is 4. The van der Waals surface area contributed by atoms with Crippen molar-refractivity contribution in [2.45, 2.75) is 116 Å². The molecule has 0 fully saturated rings. The number of fused-ring (bicyclic) bond motifs is 10. The Kier molecular flexibility index (Phi) is 20.1. The third-order valence-corrected chi connectivity index (χ3v) is 32.2. The Morgan fingerprint density at radius 1 is 0.260 bits per heavy atom. The number of hydrogen-bond acceptors (Lipinski definition) is 2. The molecule has 7 heterocycles. The second-order valence-corrected chi connectivity index (χ2v) is 38.1. The second-order valence-electron chi connectivity index (χ2n) is 26.9. The lowest BCUT2D eigenvalue weighted by atomic mass is 9.98. The zero-order chi connectivity index (χ0) is 76.3. The SMILES string of the molecule is CC(C)[Si](C#CC1=c2ccc([nH]2)=C(c2c(F)c(F)c(F)c(F)c2F)c2ccc([nH]2)C(c2c(F)c(F)c(F)c(F)c2F)=C2C=CC(=N2)C(C#C[Si](C(C)C)(C(C)C)C(C)C)=c2ccc([nH]2)=C(c2c(F)c(F)c(F)c(F)c2F)c2ccc([nH]2)C(c2c(F)c(F)c(F)c(F)c2F)=C2C=CC1=N2)(C(C)C)C(C)C. The standard InChI is InChI=1S/C76H58F20N6Si2/c1-29(2)103(30(3)4,31(5)6)27-25-35-37-13-17-41(97-37)49(53-57(77)65(85)73(93)66(86)58(53)78)45-21-23-47(101-45)51(55-61(81)69(89)75(95)70(90)62(55)82)43-19-15-39(99-43)36(26-28-104(32(7)8,33(9)10)34(11)12)40-16-20-44(100-40)52(56-63(83)71(91)76(96)72(92)64(56)84)48-24-22-46(102-48)50(42-18-14-38(35)98-42)54-59(79)67(87)74(94)68(88)60(54)80/h13-24,29-34,97,100-102H,1-12H3. The van der Waals surface area contributed by atoms with Crippen molar-refractivity contribution in [3.8, 4) is 22.9 Å². The summed E-state index contributed by atoms with van der Waals surface area (Å²) in [7, 11) is -5.98. The summed E-state index contributed by atoms with van der Waals surface area (Å²) in [5, 5.41) is -1.72. The molecule has 0 unspecified atom stereocenters.